The smallest absolute Gasteiger partial charge is 0.320 e. The fourth-order valence-corrected chi connectivity index (χ4v) is 8.56. The lowest BCUT2D eigenvalue weighted by atomic mass is 9.80. The average Bonchev–Trinajstić information content (AvgIpc) is 3.23. The number of piperidine rings is 1. The molecule has 3 aromatic rings. The quantitative estimate of drug-likeness (QED) is 0.0899. The van der Waals surface area contributed by atoms with Crippen LogP contribution >= 0.6 is 0 Å². The number of hydrogen-bond donors (Lipinski definition) is 5. The number of esters is 1. The number of nitrogens with two attached hydrogens (primary N) is 2. The fraction of sp³-hybridized carbons (Fsp3) is 0.489. The molecular weight excluding hydrogens is 735 g/mol. The van der Waals surface area contributed by atoms with E-state index in [1.54, 1.807) is 0 Å². The van der Waals surface area contributed by atoms with Crippen LogP contribution in [-0.4, -0.2) is 101 Å². The van der Waals surface area contributed by atoms with Gasteiger partial charge in [-0.2, -0.15) is 0 Å². The van der Waals surface area contributed by atoms with Gasteiger partial charge in [-0.1, -0.05) is 110 Å². The van der Waals surface area contributed by atoms with Gasteiger partial charge in [-0.05, 0) is 68.2 Å². The maximum Gasteiger partial charge on any atom is 0.320 e. The van der Waals surface area contributed by atoms with E-state index in [1.807, 2.05) is 101 Å². The normalized spacial score (nSPS) is 20.1. The van der Waals surface area contributed by atoms with Crippen LogP contribution in [0.4, 0.5) is 0 Å². The van der Waals surface area contributed by atoms with Gasteiger partial charge in [-0.3, -0.25) is 28.9 Å². The summed E-state index contributed by atoms with van der Waals surface area (Å²) in [4.78, 5) is 73.2. The lowest BCUT2D eigenvalue weighted by Crippen LogP contribution is -2.73. The molecule has 13 heteroatoms. The second-order valence-electron chi connectivity index (χ2n) is 16.1. The van der Waals surface area contributed by atoms with Crippen LogP contribution in [-0.2, 0) is 48.2 Å². The van der Waals surface area contributed by atoms with Gasteiger partial charge in [0.25, 0.3) is 0 Å². The van der Waals surface area contributed by atoms with Crippen molar-refractivity contribution >= 4 is 29.6 Å². The Labute approximate surface area is 341 Å². The molecule has 7 N–H and O–H groups in total. The molecule has 310 valence electrons. The minimum absolute atomic E-state index is 0.0824. The van der Waals surface area contributed by atoms with Crippen molar-refractivity contribution in [3.05, 3.63) is 108 Å². The lowest BCUT2D eigenvalue weighted by molar-refractivity contribution is -0.161. The first-order chi connectivity index (χ1) is 28.1. The van der Waals surface area contributed by atoms with E-state index in [1.165, 1.54) is 0 Å². The largest absolute Gasteiger partial charge is 0.460 e. The number of piperazine rings is 1. The summed E-state index contributed by atoms with van der Waals surface area (Å²) in [6, 6.07) is 25.5. The maximum atomic E-state index is 14.5. The molecule has 3 aliphatic heterocycles. The molecule has 5 atom stereocenters. The zero-order valence-electron chi connectivity index (χ0n) is 33.4. The van der Waals surface area contributed by atoms with Crippen LogP contribution in [0.15, 0.2) is 91.0 Å². The third-order valence-corrected chi connectivity index (χ3v) is 11.7. The van der Waals surface area contributed by atoms with E-state index in [4.69, 9.17) is 16.2 Å². The lowest BCUT2D eigenvalue weighted by Gasteiger charge is -2.57. The third kappa shape index (κ3) is 11.3. The standard InChI is InChI=1S/C45H59N7O6/c46-24-14-11-21-38(43(56)52-35-27-36(52)29-51(28-35)30-40(53)58-31-34-19-9-3-10-20-34)49-44(57)45(22-12-4-13-23-45)50-42(55)39(26-33-17-7-2-8-18-33)48-41(54)37(47)25-32-15-5-1-6-16-32/h1-3,5-10,15-20,35-39H,4,11-14,21-31,46-47H2,(H,48,54)(H,49,57)(H,50,55). The van der Waals surface area contributed by atoms with E-state index in [2.05, 4.69) is 16.0 Å². The van der Waals surface area contributed by atoms with Crippen LogP contribution in [0, 0.1) is 0 Å². The summed E-state index contributed by atoms with van der Waals surface area (Å²) in [5.41, 5.74) is 13.6. The number of fused-ring (bicyclic) bond motifs is 2. The highest BCUT2D eigenvalue weighted by Gasteiger charge is 2.50. The molecule has 4 aliphatic rings. The molecule has 4 amide bonds. The molecular formula is C45H59N7O6. The highest BCUT2D eigenvalue weighted by atomic mass is 16.5. The van der Waals surface area contributed by atoms with Gasteiger partial charge in [0, 0.05) is 31.6 Å². The number of unbranched alkanes of at least 4 members (excludes halogenated alkanes) is 1. The topological polar surface area (TPSA) is 189 Å². The van der Waals surface area contributed by atoms with E-state index in [-0.39, 0.29) is 43.5 Å². The van der Waals surface area contributed by atoms with Crippen molar-refractivity contribution in [1.82, 2.24) is 25.8 Å². The van der Waals surface area contributed by atoms with Gasteiger partial charge in [-0.25, -0.2) is 0 Å². The van der Waals surface area contributed by atoms with Crippen molar-refractivity contribution in [2.75, 3.05) is 26.2 Å². The first kappa shape index (κ1) is 42.5. The number of rotatable bonds is 19. The molecule has 3 aromatic carbocycles. The van der Waals surface area contributed by atoms with E-state index in [0.717, 1.165) is 42.4 Å². The van der Waals surface area contributed by atoms with Crippen molar-refractivity contribution < 1.29 is 28.7 Å². The molecule has 4 fully saturated rings. The molecule has 0 aromatic heterocycles. The molecule has 3 heterocycles. The van der Waals surface area contributed by atoms with Gasteiger partial charge >= 0.3 is 5.97 Å². The number of nitrogens with zero attached hydrogens (tertiary/aromatic N) is 2. The van der Waals surface area contributed by atoms with Gasteiger partial charge in [-0.15, -0.1) is 0 Å². The van der Waals surface area contributed by atoms with Crippen molar-refractivity contribution in [1.29, 1.82) is 0 Å². The van der Waals surface area contributed by atoms with Crippen molar-refractivity contribution in [3.63, 3.8) is 0 Å². The number of carbonyl (C=O) groups is 5. The Morgan fingerprint density at radius 3 is 1.91 bits per heavy atom. The van der Waals surface area contributed by atoms with Gasteiger partial charge in [0.05, 0.1) is 12.6 Å². The van der Waals surface area contributed by atoms with E-state index in [0.29, 0.717) is 58.2 Å². The Kier molecular flexibility index (Phi) is 15.0. The number of benzene rings is 3. The van der Waals surface area contributed by atoms with Gasteiger partial charge in [0.1, 0.15) is 24.2 Å². The van der Waals surface area contributed by atoms with Crippen molar-refractivity contribution in [3.8, 4) is 0 Å². The monoisotopic (exact) mass is 793 g/mol. The molecule has 0 radical (unpaired) electrons. The maximum absolute atomic E-state index is 14.5. The number of nitrogens with one attached hydrogen (secondary N) is 3. The van der Waals surface area contributed by atoms with Crippen LogP contribution in [0.5, 0.6) is 0 Å². The third-order valence-electron chi connectivity index (χ3n) is 11.7. The Morgan fingerprint density at radius 1 is 0.724 bits per heavy atom. The molecule has 13 nitrogen and oxygen atoms in total. The Morgan fingerprint density at radius 2 is 1.31 bits per heavy atom. The summed E-state index contributed by atoms with van der Waals surface area (Å²) in [5, 5.41) is 9.09. The molecule has 7 rings (SSSR count). The highest BCUT2D eigenvalue weighted by Crippen LogP contribution is 2.34. The Balaban J connectivity index is 1.11. The molecule has 1 saturated carbocycles. The first-order valence-electron chi connectivity index (χ1n) is 20.8. The summed E-state index contributed by atoms with van der Waals surface area (Å²) >= 11 is 0. The minimum atomic E-state index is -1.27. The number of ether oxygens (including phenoxy) is 1. The van der Waals surface area contributed by atoms with E-state index < -0.39 is 41.4 Å². The summed E-state index contributed by atoms with van der Waals surface area (Å²) in [5.74, 6) is -1.81. The minimum Gasteiger partial charge on any atom is -0.460 e. The van der Waals surface area contributed by atoms with Crippen molar-refractivity contribution in [2.24, 2.45) is 11.5 Å². The van der Waals surface area contributed by atoms with E-state index >= 15 is 0 Å². The summed E-state index contributed by atoms with van der Waals surface area (Å²) in [7, 11) is 0. The number of carbonyl (C=O) groups excluding carboxylic acids is 5. The van der Waals surface area contributed by atoms with Crippen LogP contribution in [0.25, 0.3) is 0 Å². The Bertz CT molecular complexity index is 1810. The molecule has 58 heavy (non-hydrogen) atoms. The summed E-state index contributed by atoms with van der Waals surface area (Å²) < 4.78 is 5.51. The molecule has 1 aliphatic carbocycles. The van der Waals surface area contributed by atoms with Crippen LogP contribution in [0.1, 0.15) is 74.5 Å². The molecule has 3 saturated heterocycles. The first-order valence-corrected chi connectivity index (χ1v) is 20.8. The number of hydrogen-bond acceptors (Lipinski definition) is 9. The van der Waals surface area contributed by atoms with Crippen molar-refractivity contribution in [2.45, 2.75) is 113 Å². The second kappa shape index (κ2) is 20.5. The average molecular weight is 794 g/mol. The zero-order valence-corrected chi connectivity index (χ0v) is 33.4. The molecule has 2 bridgehead atoms. The zero-order chi connectivity index (χ0) is 40.9. The Hall–Kier alpha value is -5.11. The van der Waals surface area contributed by atoms with Crippen LogP contribution in [0.2, 0.25) is 0 Å². The summed E-state index contributed by atoms with van der Waals surface area (Å²) in [6.45, 7) is 1.89. The highest BCUT2D eigenvalue weighted by molar-refractivity contribution is 5.97. The number of amides is 4. The predicted molar refractivity (Wildman–Crippen MR) is 221 cm³/mol. The van der Waals surface area contributed by atoms with Gasteiger partial charge < -0.3 is 37.1 Å². The molecule has 0 spiro atoms. The fourth-order valence-electron chi connectivity index (χ4n) is 8.56. The summed E-state index contributed by atoms with van der Waals surface area (Å²) in [6.07, 6.45) is 6.23. The van der Waals surface area contributed by atoms with Crippen LogP contribution in [0.3, 0.4) is 0 Å². The predicted octanol–water partition coefficient (Wildman–Crippen LogP) is 2.75. The molecule has 5 unspecified atom stereocenters. The van der Waals surface area contributed by atoms with Gasteiger partial charge in [0.15, 0.2) is 0 Å². The van der Waals surface area contributed by atoms with Crippen LogP contribution < -0.4 is 27.4 Å². The van der Waals surface area contributed by atoms with Gasteiger partial charge in [0.2, 0.25) is 23.6 Å². The second-order valence-corrected chi connectivity index (χ2v) is 16.1. The SMILES string of the molecule is NCCCCC(NC(=O)C1(NC(=O)C(Cc2ccccc2)NC(=O)C(N)Cc2ccccc2)CCCCC1)C(=O)N1C2CC1CN(CC(=O)OCc1ccccc1)C2. The van der Waals surface area contributed by atoms with E-state index in [9.17, 15) is 24.0 Å².